The number of carbonyl (C=O) groups excluding carboxylic acids is 1. The third kappa shape index (κ3) is 3.92. The zero-order valence-corrected chi connectivity index (χ0v) is 13.8. The molecule has 2 aromatic carbocycles. The number of aryl methyl sites for hydroxylation is 1. The molecule has 23 heavy (non-hydrogen) atoms. The summed E-state index contributed by atoms with van der Waals surface area (Å²) in [6, 6.07) is 12.3. The Morgan fingerprint density at radius 1 is 1.13 bits per heavy atom. The van der Waals surface area contributed by atoms with Gasteiger partial charge in [-0.05, 0) is 30.7 Å². The topological polar surface area (TPSA) is 76.2 Å². The van der Waals surface area contributed by atoms with Gasteiger partial charge >= 0.3 is 0 Å². The predicted molar refractivity (Wildman–Crippen MR) is 93.1 cm³/mol. The van der Waals surface area contributed by atoms with Gasteiger partial charge in [-0.25, -0.2) is 0 Å². The van der Waals surface area contributed by atoms with Gasteiger partial charge in [0, 0.05) is 11.6 Å². The summed E-state index contributed by atoms with van der Waals surface area (Å²) in [7, 11) is 0. The van der Waals surface area contributed by atoms with Crippen molar-refractivity contribution in [1.82, 2.24) is 4.98 Å². The smallest absolute Gasteiger partial charge is 0.252 e. The first kappa shape index (κ1) is 17.1. The summed E-state index contributed by atoms with van der Waals surface area (Å²) in [4.78, 5) is 14.9. The van der Waals surface area contributed by atoms with Gasteiger partial charge in [0.05, 0.1) is 15.6 Å². The van der Waals surface area contributed by atoms with Crippen molar-refractivity contribution < 1.29 is 9.90 Å². The number of nitrogens with two attached hydrogens (primary N) is 1. The monoisotopic (exact) mass is 348 g/mol. The summed E-state index contributed by atoms with van der Waals surface area (Å²) in [5, 5.41) is 11.7. The molecule has 1 aromatic heterocycles. The Hall–Kier alpha value is -2.30. The lowest BCUT2D eigenvalue weighted by atomic mass is 10.1. The number of carbonyl (C=O) groups is 1. The maximum atomic E-state index is 10.9. The van der Waals surface area contributed by atoms with Crippen molar-refractivity contribution in [1.29, 1.82) is 0 Å². The Bertz CT molecular complexity index is 846. The lowest BCUT2D eigenvalue weighted by Gasteiger charge is -2.03. The first-order chi connectivity index (χ1) is 10.9. The third-order valence-corrected chi connectivity index (χ3v) is 4.07. The summed E-state index contributed by atoms with van der Waals surface area (Å²) in [5.74, 6) is -0.814. The quantitative estimate of drug-likeness (QED) is 0.686. The Balaban J connectivity index is 0.000000185. The molecule has 0 saturated heterocycles. The van der Waals surface area contributed by atoms with Crippen LogP contribution in [0.25, 0.3) is 10.9 Å². The third-order valence-electron chi connectivity index (χ3n) is 3.16. The lowest BCUT2D eigenvalue weighted by Crippen LogP contribution is -2.11. The molecular weight excluding hydrogens is 335 g/mol. The number of halogens is 2. The van der Waals surface area contributed by atoms with Gasteiger partial charge in [-0.3, -0.25) is 9.78 Å². The van der Waals surface area contributed by atoms with E-state index in [1.807, 2.05) is 19.1 Å². The number of rotatable bonds is 1. The summed E-state index contributed by atoms with van der Waals surface area (Å²) < 4.78 is 0. The van der Waals surface area contributed by atoms with Crippen LogP contribution < -0.4 is 5.73 Å². The number of amides is 1. The fraction of sp³-hybridized carbons (Fsp3) is 0.0588. The Morgan fingerprint density at radius 3 is 2.48 bits per heavy atom. The molecule has 1 heterocycles. The number of aromatic hydroxyl groups is 1. The average molecular weight is 349 g/mol. The molecule has 0 spiro atoms. The SMILES string of the molecule is Cc1cccc(Cl)c1Cl.NC(=O)c1ccc2cccnc2c1O. The highest BCUT2D eigenvalue weighted by molar-refractivity contribution is 6.42. The lowest BCUT2D eigenvalue weighted by molar-refractivity contribution is 0.0998. The molecule has 1 amide bonds. The van der Waals surface area contributed by atoms with Gasteiger partial charge in [0.2, 0.25) is 0 Å². The highest BCUT2D eigenvalue weighted by Gasteiger charge is 2.10. The number of nitrogens with zero attached hydrogens (tertiary/aromatic N) is 1. The molecule has 0 aliphatic carbocycles. The molecule has 0 unspecified atom stereocenters. The summed E-state index contributed by atoms with van der Waals surface area (Å²) in [6.45, 7) is 1.92. The zero-order chi connectivity index (χ0) is 17.0. The number of hydrogen-bond donors (Lipinski definition) is 2. The molecule has 0 bridgehead atoms. The number of primary amides is 1. The minimum Gasteiger partial charge on any atom is -0.505 e. The van der Waals surface area contributed by atoms with Crippen LogP contribution in [-0.2, 0) is 0 Å². The van der Waals surface area contributed by atoms with E-state index in [0.29, 0.717) is 15.6 Å². The molecule has 3 aromatic rings. The van der Waals surface area contributed by atoms with Gasteiger partial charge in [0.15, 0.2) is 5.75 Å². The fourth-order valence-electron chi connectivity index (χ4n) is 1.94. The van der Waals surface area contributed by atoms with Crippen LogP contribution >= 0.6 is 23.2 Å². The first-order valence-electron chi connectivity index (χ1n) is 6.69. The van der Waals surface area contributed by atoms with Crippen LogP contribution in [0.5, 0.6) is 5.75 Å². The van der Waals surface area contributed by atoms with Gasteiger partial charge in [0.1, 0.15) is 5.52 Å². The van der Waals surface area contributed by atoms with Gasteiger partial charge in [0.25, 0.3) is 5.91 Å². The predicted octanol–water partition coefficient (Wildman–Crippen LogP) is 4.34. The molecule has 6 heteroatoms. The number of aromatic nitrogens is 1. The van der Waals surface area contributed by atoms with Gasteiger partial charge in [-0.2, -0.15) is 0 Å². The maximum absolute atomic E-state index is 10.9. The molecule has 0 saturated carbocycles. The first-order valence-corrected chi connectivity index (χ1v) is 7.44. The molecule has 0 fully saturated rings. The molecule has 4 nitrogen and oxygen atoms in total. The van der Waals surface area contributed by atoms with Crippen LogP contribution in [-0.4, -0.2) is 16.0 Å². The molecule has 3 rings (SSSR count). The van der Waals surface area contributed by atoms with Crippen molar-refractivity contribution in [3.8, 4) is 5.75 Å². The van der Waals surface area contributed by atoms with Crippen molar-refractivity contribution in [3.05, 3.63) is 69.8 Å². The van der Waals surface area contributed by atoms with E-state index in [4.69, 9.17) is 28.9 Å². The molecule has 0 radical (unpaired) electrons. The molecule has 0 atom stereocenters. The van der Waals surface area contributed by atoms with E-state index in [9.17, 15) is 9.90 Å². The van der Waals surface area contributed by atoms with Crippen LogP contribution in [0.4, 0.5) is 0 Å². The van der Waals surface area contributed by atoms with Crippen molar-refractivity contribution in [2.24, 2.45) is 5.73 Å². The minimum absolute atomic E-state index is 0.0937. The van der Waals surface area contributed by atoms with E-state index in [1.54, 1.807) is 30.5 Å². The second-order valence-corrected chi connectivity index (χ2v) is 5.56. The van der Waals surface area contributed by atoms with E-state index >= 15 is 0 Å². The maximum Gasteiger partial charge on any atom is 0.252 e. The Morgan fingerprint density at radius 2 is 1.87 bits per heavy atom. The normalized spacial score (nSPS) is 10.0. The van der Waals surface area contributed by atoms with E-state index in [-0.39, 0.29) is 11.3 Å². The molecule has 0 aliphatic rings. The van der Waals surface area contributed by atoms with Crippen LogP contribution in [0.15, 0.2) is 48.7 Å². The number of phenols is 1. The molecule has 0 aliphatic heterocycles. The zero-order valence-electron chi connectivity index (χ0n) is 12.3. The number of hydrogen-bond acceptors (Lipinski definition) is 3. The van der Waals surface area contributed by atoms with Crippen molar-refractivity contribution >= 4 is 40.0 Å². The number of fused-ring (bicyclic) bond motifs is 1. The van der Waals surface area contributed by atoms with E-state index in [0.717, 1.165) is 10.9 Å². The fourth-order valence-corrected chi connectivity index (χ4v) is 2.29. The van der Waals surface area contributed by atoms with Crippen molar-refractivity contribution in [2.45, 2.75) is 6.92 Å². The Kier molecular flexibility index (Phi) is 5.42. The second kappa shape index (κ2) is 7.31. The van der Waals surface area contributed by atoms with Crippen LogP contribution in [0.3, 0.4) is 0 Å². The highest BCUT2D eigenvalue weighted by atomic mass is 35.5. The van der Waals surface area contributed by atoms with Crippen LogP contribution in [0, 0.1) is 6.92 Å². The van der Waals surface area contributed by atoms with E-state index < -0.39 is 5.91 Å². The van der Waals surface area contributed by atoms with Crippen LogP contribution in [0.2, 0.25) is 10.0 Å². The summed E-state index contributed by atoms with van der Waals surface area (Å²) in [6.07, 6.45) is 1.55. The van der Waals surface area contributed by atoms with Gasteiger partial charge in [-0.1, -0.05) is 47.5 Å². The van der Waals surface area contributed by atoms with Gasteiger partial charge < -0.3 is 10.8 Å². The molecule has 118 valence electrons. The largest absolute Gasteiger partial charge is 0.505 e. The van der Waals surface area contributed by atoms with Crippen molar-refractivity contribution in [2.75, 3.05) is 0 Å². The minimum atomic E-state index is -0.657. The van der Waals surface area contributed by atoms with Crippen molar-refractivity contribution in [3.63, 3.8) is 0 Å². The van der Waals surface area contributed by atoms with E-state index in [2.05, 4.69) is 4.98 Å². The van der Waals surface area contributed by atoms with E-state index in [1.165, 1.54) is 6.07 Å². The molecular formula is C17H14Cl2N2O2. The summed E-state index contributed by atoms with van der Waals surface area (Å²) in [5.41, 5.74) is 6.58. The molecule has 3 N–H and O–H groups in total. The number of benzene rings is 2. The summed E-state index contributed by atoms with van der Waals surface area (Å²) >= 11 is 11.4. The highest BCUT2D eigenvalue weighted by Crippen LogP contribution is 2.26. The van der Waals surface area contributed by atoms with Crippen LogP contribution in [0.1, 0.15) is 15.9 Å². The standard InChI is InChI=1S/C10H8N2O2.C7H6Cl2/c11-10(14)7-4-3-6-2-1-5-12-8(6)9(7)13;1-5-3-2-4-6(8)7(5)9/h1-5,13H,(H2,11,14);2-4H,1H3. The second-order valence-electron chi connectivity index (χ2n) is 4.77. The van der Waals surface area contributed by atoms with Gasteiger partial charge in [-0.15, -0.1) is 0 Å². The number of pyridine rings is 1. The average Bonchev–Trinajstić information content (AvgIpc) is 2.53. The Labute approximate surface area is 143 Å².